The van der Waals surface area contributed by atoms with Gasteiger partial charge in [-0.2, -0.15) is 0 Å². The summed E-state index contributed by atoms with van der Waals surface area (Å²) in [5, 5.41) is 0.165. The van der Waals surface area contributed by atoms with E-state index in [0.717, 1.165) is 12.8 Å². The smallest absolute Gasteiger partial charge is 0.242 e. The molecule has 0 amide bonds. The molecule has 3 N–H and O–H groups in total. The van der Waals surface area contributed by atoms with Crippen LogP contribution in [0, 0.1) is 5.92 Å². The Kier molecular flexibility index (Phi) is 3.91. The summed E-state index contributed by atoms with van der Waals surface area (Å²) < 4.78 is 26.7. The summed E-state index contributed by atoms with van der Waals surface area (Å²) in [5.74, 6) is 0.456. The molecule has 4 nitrogen and oxygen atoms in total. The van der Waals surface area contributed by atoms with Crippen molar-refractivity contribution in [2.45, 2.75) is 17.7 Å². The molecule has 0 unspecified atom stereocenters. The fourth-order valence-electron chi connectivity index (χ4n) is 1.49. The Bertz CT molecular complexity index is 583. The van der Waals surface area contributed by atoms with Crippen molar-refractivity contribution in [2.24, 2.45) is 11.7 Å². The highest BCUT2D eigenvalue weighted by Crippen LogP contribution is 2.29. The highest BCUT2D eigenvalue weighted by molar-refractivity contribution is 7.89. The van der Waals surface area contributed by atoms with Gasteiger partial charge in [0.1, 0.15) is 9.88 Å². The van der Waals surface area contributed by atoms with Crippen molar-refractivity contribution in [2.75, 3.05) is 6.54 Å². The number of hydrogen-bond acceptors (Lipinski definition) is 3. The van der Waals surface area contributed by atoms with Gasteiger partial charge in [-0.3, -0.25) is 0 Å². The Morgan fingerprint density at radius 3 is 2.72 bits per heavy atom. The van der Waals surface area contributed by atoms with Gasteiger partial charge in [-0.1, -0.05) is 29.9 Å². The minimum atomic E-state index is -3.60. The molecule has 0 aliphatic heterocycles. The van der Waals surface area contributed by atoms with Crippen molar-refractivity contribution in [3.63, 3.8) is 0 Å². The minimum Gasteiger partial charge on any atom is -0.389 e. The molecule has 0 radical (unpaired) electrons. The second-order valence-corrected chi connectivity index (χ2v) is 6.89. The van der Waals surface area contributed by atoms with Crippen LogP contribution in [0.1, 0.15) is 18.4 Å². The van der Waals surface area contributed by atoms with Crippen molar-refractivity contribution >= 4 is 38.8 Å². The molecule has 1 aromatic rings. The lowest BCUT2D eigenvalue weighted by Crippen LogP contribution is -2.26. The number of thiocarbonyl (C=S) groups is 1. The van der Waals surface area contributed by atoms with E-state index in [1.54, 1.807) is 6.07 Å². The first-order chi connectivity index (χ1) is 8.40. The second kappa shape index (κ2) is 5.13. The van der Waals surface area contributed by atoms with E-state index >= 15 is 0 Å². The lowest BCUT2D eigenvalue weighted by molar-refractivity contribution is 0.577. The zero-order chi connectivity index (χ0) is 13.3. The summed E-state index contributed by atoms with van der Waals surface area (Å²) in [6.45, 7) is 0.454. The van der Waals surface area contributed by atoms with E-state index in [0.29, 0.717) is 18.0 Å². The summed E-state index contributed by atoms with van der Waals surface area (Å²) in [7, 11) is -3.60. The van der Waals surface area contributed by atoms with Crippen LogP contribution in [0.2, 0.25) is 5.02 Å². The summed E-state index contributed by atoms with van der Waals surface area (Å²) in [5.41, 5.74) is 5.97. The summed E-state index contributed by atoms with van der Waals surface area (Å²) in [6, 6.07) is 4.49. The lowest BCUT2D eigenvalue weighted by Gasteiger charge is -2.09. The first-order valence-corrected chi connectivity index (χ1v) is 7.76. The molecule has 1 saturated carbocycles. The molecule has 0 heterocycles. The molecule has 1 fully saturated rings. The van der Waals surface area contributed by atoms with Gasteiger partial charge in [-0.25, -0.2) is 13.1 Å². The van der Waals surface area contributed by atoms with E-state index in [1.165, 1.54) is 12.1 Å². The molecule has 18 heavy (non-hydrogen) atoms. The van der Waals surface area contributed by atoms with Gasteiger partial charge in [0.25, 0.3) is 0 Å². The van der Waals surface area contributed by atoms with Gasteiger partial charge in [-0.05, 0) is 30.9 Å². The molecule has 0 saturated heterocycles. The zero-order valence-electron chi connectivity index (χ0n) is 9.52. The maximum Gasteiger partial charge on any atom is 0.242 e. The van der Waals surface area contributed by atoms with Crippen LogP contribution >= 0.6 is 23.8 Å². The molecule has 1 aromatic carbocycles. The van der Waals surface area contributed by atoms with E-state index < -0.39 is 10.0 Å². The van der Waals surface area contributed by atoms with Crippen LogP contribution in [0.4, 0.5) is 0 Å². The SMILES string of the molecule is NC(=S)c1ccc(Cl)c(S(=O)(=O)NCC2CC2)c1. The van der Waals surface area contributed by atoms with Crippen LogP contribution in [0.25, 0.3) is 0 Å². The van der Waals surface area contributed by atoms with Gasteiger partial charge >= 0.3 is 0 Å². The number of sulfonamides is 1. The molecule has 98 valence electrons. The molecule has 7 heteroatoms. The first-order valence-electron chi connectivity index (χ1n) is 5.49. The minimum absolute atomic E-state index is 0.0233. The van der Waals surface area contributed by atoms with Crippen molar-refractivity contribution in [3.05, 3.63) is 28.8 Å². The van der Waals surface area contributed by atoms with Crippen LogP contribution in [0.3, 0.4) is 0 Å². The third-order valence-electron chi connectivity index (χ3n) is 2.76. The molecule has 2 rings (SSSR count). The summed E-state index contributed by atoms with van der Waals surface area (Å²) in [6.07, 6.45) is 2.15. The van der Waals surface area contributed by atoms with Crippen LogP contribution in [-0.4, -0.2) is 20.0 Å². The van der Waals surface area contributed by atoms with Gasteiger partial charge in [0.15, 0.2) is 0 Å². The lowest BCUT2D eigenvalue weighted by atomic mass is 10.2. The highest BCUT2D eigenvalue weighted by Gasteiger charge is 2.25. The van der Waals surface area contributed by atoms with Crippen molar-refractivity contribution in [3.8, 4) is 0 Å². The normalized spacial score (nSPS) is 15.6. The van der Waals surface area contributed by atoms with E-state index in [4.69, 9.17) is 29.6 Å². The Hall–Kier alpha value is -0.690. The average molecular weight is 305 g/mol. The quantitative estimate of drug-likeness (QED) is 0.812. The Morgan fingerprint density at radius 1 is 1.50 bits per heavy atom. The molecular weight excluding hydrogens is 292 g/mol. The van der Waals surface area contributed by atoms with E-state index in [-0.39, 0.29) is 14.9 Å². The maximum absolute atomic E-state index is 12.1. The third kappa shape index (κ3) is 3.20. The average Bonchev–Trinajstić information content (AvgIpc) is 3.10. The van der Waals surface area contributed by atoms with Crippen LogP contribution in [-0.2, 0) is 10.0 Å². The maximum atomic E-state index is 12.1. The number of nitrogens with two attached hydrogens (primary N) is 1. The van der Waals surface area contributed by atoms with E-state index in [2.05, 4.69) is 4.72 Å². The molecule has 1 aliphatic rings. The topological polar surface area (TPSA) is 72.2 Å². The van der Waals surface area contributed by atoms with Gasteiger partial charge in [0.05, 0.1) is 5.02 Å². The Morgan fingerprint density at radius 2 is 2.17 bits per heavy atom. The zero-order valence-corrected chi connectivity index (χ0v) is 11.9. The van der Waals surface area contributed by atoms with Crippen molar-refractivity contribution in [1.82, 2.24) is 4.72 Å². The molecule has 0 bridgehead atoms. The summed E-state index contributed by atoms with van der Waals surface area (Å²) >= 11 is 10.7. The molecule has 0 atom stereocenters. The van der Waals surface area contributed by atoms with E-state index in [1.807, 2.05) is 0 Å². The van der Waals surface area contributed by atoms with Gasteiger partial charge in [-0.15, -0.1) is 0 Å². The predicted octanol–water partition coefficient (Wildman–Crippen LogP) is 1.66. The van der Waals surface area contributed by atoms with Crippen LogP contribution in [0.5, 0.6) is 0 Å². The Balaban J connectivity index is 2.29. The van der Waals surface area contributed by atoms with Crippen molar-refractivity contribution in [1.29, 1.82) is 0 Å². The fraction of sp³-hybridized carbons (Fsp3) is 0.364. The first kappa shape index (κ1) is 13.7. The van der Waals surface area contributed by atoms with Gasteiger partial charge in [0.2, 0.25) is 10.0 Å². The monoisotopic (exact) mass is 304 g/mol. The van der Waals surface area contributed by atoms with Crippen molar-refractivity contribution < 1.29 is 8.42 Å². The standard InChI is InChI=1S/C11H13ClN2O2S2/c12-9-4-3-8(11(13)17)5-10(9)18(15,16)14-6-7-1-2-7/h3-5,7,14H,1-2,6H2,(H2,13,17). The summed E-state index contributed by atoms with van der Waals surface area (Å²) in [4.78, 5) is 0.167. The van der Waals surface area contributed by atoms with Gasteiger partial charge < -0.3 is 5.73 Å². The predicted molar refractivity (Wildman–Crippen MR) is 75.3 cm³/mol. The van der Waals surface area contributed by atoms with E-state index in [9.17, 15) is 8.42 Å². The number of nitrogens with one attached hydrogen (secondary N) is 1. The fourth-order valence-corrected chi connectivity index (χ4v) is 3.26. The van der Waals surface area contributed by atoms with Crippen LogP contribution in [0.15, 0.2) is 23.1 Å². The number of halogens is 1. The number of hydrogen-bond donors (Lipinski definition) is 2. The Labute approximate surface area is 117 Å². The van der Waals surface area contributed by atoms with Gasteiger partial charge in [0, 0.05) is 12.1 Å². The molecule has 0 aromatic heterocycles. The van der Waals surface area contributed by atoms with Crippen LogP contribution < -0.4 is 10.5 Å². The number of benzene rings is 1. The molecule has 0 spiro atoms. The molecular formula is C11H13ClN2O2S2. The number of rotatable bonds is 5. The molecule has 1 aliphatic carbocycles. The highest BCUT2D eigenvalue weighted by atomic mass is 35.5. The second-order valence-electron chi connectivity index (χ2n) is 4.30. The largest absolute Gasteiger partial charge is 0.389 e. The third-order valence-corrected chi connectivity index (χ3v) is 4.91.